The molecule has 0 aromatic carbocycles. The van der Waals surface area contributed by atoms with Gasteiger partial charge in [-0.2, -0.15) is 5.48 Å². The van der Waals surface area contributed by atoms with Crippen LogP contribution in [0.25, 0.3) is 0 Å². The summed E-state index contributed by atoms with van der Waals surface area (Å²) in [5.41, 5.74) is 2.98. The summed E-state index contributed by atoms with van der Waals surface area (Å²) in [6.07, 6.45) is 1.16. The summed E-state index contributed by atoms with van der Waals surface area (Å²) in [7, 11) is 0. The Morgan fingerprint density at radius 3 is 2.64 bits per heavy atom. The molecule has 1 saturated heterocycles. The first-order chi connectivity index (χ1) is 5.08. The Morgan fingerprint density at radius 1 is 1.45 bits per heavy atom. The highest BCUT2D eigenvalue weighted by atomic mass is 16.7. The number of hydroxylamine groups is 1. The SMILES string of the molecule is CC(C)(C)ON[C@@H]1CCNC1. The number of rotatable bonds is 2. The second-order valence-electron chi connectivity index (χ2n) is 4.02. The van der Waals surface area contributed by atoms with Crippen LogP contribution in [0.3, 0.4) is 0 Å². The summed E-state index contributed by atoms with van der Waals surface area (Å²) in [6, 6.07) is 0.495. The van der Waals surface area contributed by atoms with Crippen molar-refractivity contribution in [1.29, 1.82) is 0 Å². The maximum absolute atomic E-state index is 5.42. The molecule has 1 fully saturated rings. The molecule has 1 rings (SSSR count). The lowest BCUT2D eigenvalue weighted by molar-refractivity contribution is -0.0855. The summed E-state index contributed by atoms with van der Waals surface area (Å²) in [6.45, 7) is 8.26. The highest BCUT2D eigenvalue weighted by Crippen LogP contribution is 2.06. The predicted molar refractivity (Wildman–Crippen MR) is 45.2 cm³/mol. The molecule has 1 atom stereocenters. The van der Waals surface area contributed by atoms with E-state index in [-0.39, 0.29) is 5.60 Å². The average Bonchev–Trinajstić information content (AvgIpc) is 2.32. The van der Waals surface area contributed by atoms with Crippen LogP contribution < -0.4 is 10.8 Å². The predicted octanol–water partition coefficient (Wildman–Crippen LogP) is 0.668. The van der Waals surface area contributed by atoms with Gasteiger partial charge in [0.2, 0.25) is 0 Å². The Kier molecular flexibility index (Phi) is 2.87. The van der Waals surface area contributed by atoms with Crippen LogP contribution in [-0.2, 0) is 4.84 Å². The molecule has 0 amide bonds. The molecule has 0 aromatic rings. The molecule has 0 aliphatic carbocycles. The highest BCUT2D eigenvalue weighted by molar-refractivity contribution is 4.74. The summed E-state index contributed by atoms with van der Waals surface area (Å²) < 4.78 is 0. The molecule has 0 bridgehead atoms. The minimum Gasteiger partial charge on any atom is -0.315 e. The van der Waals surface area contributed by atoms with Gasteiger partial charge in [0.25, 0.3) is 0 Å². The van der Waals surface area contributed by atoms with E-state index in [0.717, 1.165) is 19.5 Å². The number of nitrogens with one attached hydrogen (secondary N) is 2. The molecular formula is C8H18N2O. The van der Waals surface area contributed by atoms with Crippen LogP contribution in [0.1, 0.15) is 27.2 Å². The minimum atomic E-state index is -0.0808. The van der Waals surface area contributed by atoms with Gasteiger partial charge >= 0.3 is 0 Å². The maximum atomic E-state index is 5.42. The van der Waals surface area contributed by atoms with Gasteiger partial charge < -0.3 is 5.32 Å². The van der Waals surface area contributed by atoms with Crippen LogP contribution in [0.2, 0.25) is 0 Å². The first-order valence-corrected chi connectivity index (χ1v) is 4.22. The largest absolute Gasteiger partial charge is 0.315 e. The fourth-order valence-electron chi connectivity index (χ4n) is 1.02. The lowest BCUT2D eigenvalue weighted by Gasteiger charge is -2.22. The van der Waals surface area contributed by atoms with Crippen LogP contribution >= 0.6 is 0 Å². The molecule has 3 nitrogen and oxygen atoms in total. The lowest BCUT2D eigenvalue weighted by Crippen LogP contribution is -2.37. The molecule has 2 N–H and O–H groups in total. The van der Waals surface area contributed by atoms with Crippen LogP contribution in [0, 0.1) is 0 Å². The fourth-order valence-corrected chi connectivity index (χ4v) is 1.02. The third-order valence-corrected chi connectivity index (χ3v) is 1.59. The minimum absolute atomic E-state index is 0.0808. The molecule has 0 spiro atoms. The van der Waals surface area contributed by atoms with Gasteiger partial charge in [0, 0.05) is 12.6 Å². The summed E-state index contributed by atoms with van der Waals surface area (Å²) >= 11 is 0. The standard InChI is InChI=1S/C8H18N2O/c1-8(2,3)11-10-7-4-5-9-6-7/h7,9-10H,4-6H2,1-3H3/t7-/m1/s1. The Bertz CT molecular complexity index is 114. The van der Waals surface area contributed by atoms with Crippen LogP contribution in [0.15, 0.2) is 0 Å². The van der Waals surface area contributed by atoms with Gasteiger partial charge in [0.1, 0.15) is 0 Å². The van der Waals surface area contributed by atoms with Gasteiger partial charge in [-0.3, -0.25) is 4.84 Å². The van der Waals surface area contributed by atoms with Gasteiger partial charge in [0.05, 0.1) is 5.60 Å². The molecule has 3 heteroatoms. The second-order valence-corrected chi connectivity index (χ2v) is 4.02. The third-order valence-electron chi connectivity index (χ3n) is 1.59. The van der Waals surface area contributed by atoms with E-state index in [1.807, 2.05) is 20.8 Å². The molecule has 1 heterocycles. The molecule has 1 aliphatic heterocycles. The molecule has 0 unspecified atom stereocenters. The van der Waals surface area contributed by atoms with E-state index in [1.54, 1.807) is 0 Å². The first kappa shape index (κ1) is 8.97. The van der Waals surface area contributed by atoms with E-state index >= 15 is 0 Å². The smallest absolute Gasteiger partial charge is 0.0813 e. The Labute approximate surface area is 68.5 Å². The number of hydrogen-bond acceptors (Lipinski definition) is 3. The van der Waals surface area contributed by atoms with Crippen molar-refractivity contribution in [3.05, 3.63) is 0 Å². The zero-order valence-corrected chi connectivity index (χ0v) is 7.61. The molecular weight excluding hydrogens is 140 g/mol. The van der Waals surface area contributed by atoms with E-state index in [0.29, 0.717) is 6.04 Å². The van der Waals surface area contributed by atoms with Crippen LogP contribution in [-0.4, -0.2) is 24.7 Å². The Balaban J connectivity index is 2.11. The van der Waals surface area contributed by atoms with Crippen LogP contribution in [0.5, 0.6) is 0 Å². The van der Waals surface area contributed by atoms with Crippen molar-refractivity contribution in [2.45, 2.75) is 38.8 Å². The fraction of sp³-hybridized carbons (Fsp3) is 1.00. The molecule has 66 valence electrons. The summed E-state index contributed by atoms with van der Waals surface area (Å²) in [5.74, 6) is 0. The van der Waals surface area contributed by atoms with Crippen LogP contribution in [0.4, 0.5) is 0 Å². The molecule has 0 saturated carbocycles. The normalized spacial score (nSPS) is 25.9. The highest BCUT2D eigenvalue weighted by Gasteiger charge is 2.17. The number of hydrogen-bond donors (Lipinski definition) is 2. The van der Waals surface area contributed by atoms with Crippen molar-refractivity contribution in [2.24, 2.45) is 0 Å². The van der Waals surface area contributed by atoms with Crippen molar-refractivity contribution < 1.29 is 4.84 Å². The quantitative estimate of drug-likeness (QED) is 0.579. The van der Waals surface area contributed by atoms with E-state index in [1.165, 1.54) is 0 Å². The molecule has 11 heavy (non-hydrogen) atoms. The first-order valence-electron chi connectivity index (χ1n) is 4.22. The van der Waals surface area contributed by atoms with E-state index in [2.05, 4.69) is 10.8 Å². The van der Waals surface area contributed by atoms with Crippen molar-refractivity contribution in [3.8, 4) is 0 Å². The van der Waals surface area contributed by atoms with Crippen molar-refractivity contribution >= 4 is 0 Å². The van der Waals surface area contributed by atoms with Crippen molar-refractivity contribution in [3.63, 3.8) is 0 Å². The van der Waals surface area contributed by atoms with Crippen molar-refractivity contribution in [2.75, 3.05) is 13.1 Å². The Morgan fingerprint density at radius 2 is 2.18 bits per heavy atom. The van der Waals surface area contributed by atoms with Gasteiger partial charge in [-0.05, 0) is 33.7 Å². The van der Waals surface area contributed by atoms with Gasteiger partial charge in [-0.1, -0.05) is 0 Å². The second kappa shape index (κ2) is 3.52. The molecule has 1 aliphatic rings. The summed E-state index contributed by atoms with van der Waals surface area (Å²) in [5, 5.41) is 3.27. The monoisotopic (exact) mass is 158 g/mol. The summed E-state index contributed by atoms with van der Waals surface area (Å²) in [4.78, 5) is 5.42. The zero-order chi connectivity index (χ0) is 8.32. The molecule has 0 aromatic heterocycles. The van der Waals surface area contributed by atoms with Gasteiger partial charge in [0.15, 0.2) is 0 Å². The van der Waals surface area contributed by atoms with Crippen molar-refractivity contribution in [1.82, 2.24) is 10.8 Å². The topological polar surface area (TPSA) is 33.3 Å². The third kappa shape index (κ3) is 3.70. The maximum Gasteiger partial charge on any atom is 0.0813 e. The molecule has 0 radical (unpaired) electrons. The van der Waals surface area contributed by atoms with Gasteiger partial charge in [-0.25, -0.2) is 0 Å². The lowest BCUT2D eigenvalue weighted by atomic mass is 10.2. The van der Waals surface area contributed by atoms with E-state index in [4.69, 9.17) is 4.84 Å². The Hall–Kier alpha value is -0.120. The van der Waals surface area contributed by atoms with E-state index in [9.17, 15) is 0 Å². The van der Waals surface area contributed by atoms with Gasteiger partial charge in [-0.15, -0.1) is 0 Å². The average molecular weight is 158 g/mol. The van der Waals surface area contributed by atoms with E-state index < -0.39 is 0 Å². The zero-order valence-electron chi connectivity index (χ0n) is 7.61.